The quantitative estimate of drug-likeness (QED) is 0.121. The normalized spacial score (nSPS) is 14.5. The summed E-state index contributed by atoms with van der Waals surface area (Å²) in [4.78, 5) is 0. The van der Waals surface area contributed by atoms with Crippen LogP contribution in [0.4, 0.5) is 0 Å². The Morgan fingerprint density at radius 2 is 0.883 bits per heavy atom. The average Bonchev–Trinajstić information content (AvgIpc) is 3.57. The van der Waals surface area contributed by atoms with Crippen molar-refractivity contribution in [1.82, 2.24) is 0 Å². The molecule has 0 saturated carbocycles. The molecule has 60 heavy (non-hydrogen) atoms. The Bertz CT molecular complexity index is 3480. The Hall–Kier alpha value is -7.54. The van der Waals surface area contributed by atoms with E-state index in [1.165, 1.54) is 115 Å². The van der Waals surface area contributed by atoms with E-state index in [1.54, 1.807) is 0 Å². The van der Waals surface area contributed by atoms with Crippen molar-refractivity contribution in [2.45, 2.75) is 12.3 Å². The zero-order valence-corrected chi connectivity index (χ0v) is 33.4. The lowest BCUT2D eigenvalue weighted by Crippen LogP contribution is -2.22. The fourth-order valence-corrected chi connectivity index (χ4v) is 10.5. The van der Waals surface area contributed by atoms with Gasteiger partial charge in [-0.3, -0.25) is 0 Å². The minimum atomic E-state index is -0.239. The molecule has 0 heterocycles. The highest BCUT2D eigenvalue weighted by molar-refractivity contribution is 6.28. The van der Waals surface area contributed by atoms with Gasteiger partial charge in [-0.2, -0.15) is 0 Å². The van der Waals surface area contributed by atoms with Gasteiger partial charge >= 0.3 is 0 Å². The van der Waals surface area contributed by atoms with Gasteiger partial charge in [0.25, 0.3) is 0 Å². The van der Waals surface area contributed by atoms with Crippen LogP contribution in [0, 0.1) is 0 Å². The van der Waals surface area contributed by atoms with Crippen LogP contribution in [0.5, 0.6) is 0 Å². The standard InChI is InChI=1S/C60H40/c1-60(46-22-6-3-7-23-46)55-30-15-14-26-49(55)54-37-43-32-31-42(36-45(43)38-56(54)60)41-20-16-21-44(35-41)57-51-28-12-13-29-52(51)59(58-48-25-9-8-19-40(48)33-34-53(57)58)50-27-11-10-24-47(50)39-17-4-2-5-18-39/h2-38H,1H3. The smallest absolute Gasteiger partial charge is 0.0435 e. The molecule has 0 spiro atoms. The Balaban J connectivity index is 1.07. The molecule has 11 aromatic rings. The number of fused-ring (bicyclic) bond motifs is 8. The van der Waals surface area contributed by atoms with Gasteiger partial charge in [-0.1, -0.05) is 200 Å². The van der Waals surface area contributed by atoms with Crippen LogP contribution in [-0.4, -0.2) is 0 Å². The first kappa shape index (κ1) is 34.5. The predicted molar refractivity (Wildman–Crippen MR) is 256 cm³/mol. The van der Waals surface area contributed by atoms with E-state index in [9.17, 15) is 0 Å². The lowest BCUT2D eigenvalue weighted by molar-refractivity contribution is 0.715. The van der Waals surface area contributed by atoms with Gasteiger partial charge in [0.05, 0.1) is 0 Å². The molecule has 0 N–H and O–H groups in total. The molecule has 12 rings (SSSR count). The molecular weight excluding hydrogens is 721 g/mol. The van der Waals surface area contributed by atoms with Gasteiger partial charge in [0.15, 0.2) is 0 Å². The van der Waals surface area contributed by atoms with Crippen molar-refractivity contribution < 1.29 is 0 Å². The van der Waals surface area contributed by atoms with Crippen molar-refractivity contribution in [3.8, 4) is 55.6 Å². The summed E-state index contributed by atoms with van der Waals surface area (Å²) in [5.41, 5.74) is 16.4. The molecule has 0 radical (unpaired) electrons. The van der Waals surface area contributed by atoms with E-state index in [-0.39, 0.29) is 5.41 Å². The van der Waals surface area contributed by atoms with Crippen molar-refractivity contribution in [3.05, 3.63) is 241 Å². The lowest BCUT2D eigenvalue weighted by Gasteiger charge is -2.28. The molecule has 0 aromatic heterocycles. The molecule has 280 valence electrons. The van der Waals surface area contributed by atoms with Crippen LogP contribution in [-0.2, 0) is 5.41 Å². The summed E-state index contributed by atoms with van der Waals surface area (Å²) in [6.45, 7) is 2.40. The molecule has 0 fully saturated rings. The number of hydrogen-bond acceptors (Lipinski definition) is 0. The summed E-state index contributed by atoms with van der Waals surface area (Å²) in [5, 5.41) is 10.1. The molecule has 0 heteroatoms. The van der Waals surface area contributed by atoms with Gasteiger partial charge in [-0.15, -0.1) is 0 Å². The van der Waals surface area contributed by atoms with Gasteiger partial charge in [-0.05, 0) is 147 Å². The third-order valence-electron chi connectivity index (χ3n) is 13.3. The first-order chi connectivity index (χ1) is 29.6. The molecule has 1 aliphatic carbocycles. The monoisotopic (exact) mass is 760 g/mol. The first-order valence-electron chi connectivity index (χ1n) is 21.0. The zero-order chi connectivity index (χ0) is 39.8. The van der Waals surface area contributed by atoms with Gasteiger partial charge in [0.2, 0.25) is 0 Å². The minimum Gasteiger partial charge on any atom is -0.0622 e. The second-order valence-electron chi connectivity index (χ2n) is 16.5. The lowest BCUT2D eigenvalue weighted by atomic mass is 9.74. The Labute approximate surface area is 350 Å². The van der Waals surface area contributed by atoms with Crippen LogP contribution >= 0.6 is 0 Å². The fraction of sp³-hybridized carbons (Fsp3) is 0.0333. The first-order valence-corrected chi connectivity index (χ1v) is 21.0. The van der Waals surface area contributed by atoms with Crippen molar-refractivity contribution in [3.63, 3.8) is 0 Å². The van der Waals surface area contributed by atoms with Gasteiger partial charge in [0, 0.05) is 5.41 Å². The molecule has 1 unspecified atom stereocenters. The summed E-state index contributed by atoms with van der Waals surface area (Å²) in [5.74, 6) is 0. The molecule has 0 saturated heterocycles. The van der Waals surface area contributed by atoms with E-state index in [2.05, 4.69) is 231 Å². The van der Waals surface area contributed by atoms with Crippen molar-refractivity contribution in [2.75, 3.05) is 0 Å². The van der Waals surface area contributed by atoms with Gasteiger partial charge in [-0.25, -0.2) is 0 Å². The third-order valence-corrected chi connectivity index (χ3v) is 13.3. The Kier molecular flexibility index (Phi) is 7.77. The van der Waals surface area contributed by atoms with E-state index in [0.29, 0.717) is 0 Å². The number of hydrogen-bond donors (Lipinski definition) is 0. The summed E-state index contributed by atoms with van der Waals surface area (Å²) in [6, 6.07) is 83.4. The average molecular weight is 761 g/mol. The van der Waals surface area contributed by atoms with Crippen LogP contribution < -0.4 is 0 Å². The largest absolute Gasteiger partial charge is 0.0622 e. The highest BCUT2D eigenvalue weighted by Crippen LogP contribution is 2.54. The maximum absolute atomic E-state index is 2.46. The van der Waals surface area contributed by atoms with Crippen LogP contribution in [0.15, 0.2) is 224 Å². The second-order valence-corrected chi connectivity index (χ2v) is 16.5. The van der Waals surface area contributed by atoms with Crippen LogP contribution in [0.25, 0.3) is 98.7 Å². The SMILES string of the molecule is CC1(c2ccccc2)c2ccccc2-c2cc3ccc(-c4cccc(-c5c6ccccc6c(-c6ccccc6-c6ccccc6)c6c5ccc5ccccc56)c4)cc3cc21. The molecular formula is C60H40. The van der Waals surface area contributed by atoms with Gasteiger partial charge < -0.3 is 0 Å². The van der Waals surface area contributed by atoms with Crippen molar-refractivity contribution in [2.24, 2.45) is 0 Å². The van der Waals surface area contributed by atoms with Crippen molar-refractivity contribution >= 4 is 43.1 Å². The molecule has 0 aliphatic heterocycles. The predicted octanol–water partition coefficient (Wildman–Crippen LogP) is 16.3. The highest BCUT2D eigenvalue weighted by atomic mass is 14.4. The van der Waals surface area contributed by atoms with Gasteiger partial charge in [0.1, 0.15) is 0 Å². The van der Waals surface area contributed by atoms with Crippen LogP contribution in [0.3, 0.4) is 0 Å². The summed E-state index contributed by atoms with van der Waals surface area (Å²) < 4.78 is 0. The zero-order valence-electron chi connectivity index (χ0n) is 33.4. The second kappa shape index (κ2) is 13.5. The Morgan fingerprint density at radius 3 is 1.70 bits per heavy atom. The van der Waals surface area contributed by atoms with E-state index >= 15 is 0 Å². The van der Waals surface area contributed by atoms with Crippen molar-refractivity contribution in [1.29, 1.82) is 0 Å². The summed E-state index contributed by atoms with van der Waals surface area (Å²) in [7, 11) is 0. The molecule has 0 amide bonds. The molecule has 0 bridgehead atoms. The molecule has 0 nitrogen and oxygen atoms in total. The van der Waals surface area contributed by atoms with E-state index in [4.69, 9.17) is 0 Å². The Morgan fingerprint density at radius 1 is 0.283 bits per heavy atom. The van der Waals surface area contributed by atoms with E-state index in [1.807, 2.05) is 0 Å². The van der Waals surface area contributed by atoms with E-state index in [0.717, 1.165) is 0 Å². The topological polar surface area (TPSA) is 0 Å². The molecule has 1 atom stereocenters. The minimum absolute atomic E-state index is 0.239. The summed E-state index contributed by atoms with van der Waals surface area (Å²) >= 11 is 0. The maximum atomic E-state index is 2.46. The molecule has 11 aromatic carbocycles. The molecule has 1 aliphatic rings. The maximum Gasteiger partial charge on any atom is 0.0435 e. The summed E-state index contributed by atoms with van der Waals surface area (Å²) in [6.07, 6.45) is 0. The highest BCUT2D eigenvalue weighted by Gasteiger charge is 2.40. The van der Waals surface area contributed by atoms with Crippen LogP contribution in [0.1, 0.15) is 23.6 Å². The number of benzene rings is 11. The van der Waals surface area contributed by atoms with Crippen LogP contribution in [0.2, 0.25) is 0 Å². The third kappa shape index (κ3) is 5.17. The fourth-order valence-electron chi connectivity index (χ4n) is 10.5. The van der Waals surface area contributed by atoms with E-state index < -0.39 is 0 Å². The number of rotatable bonds is 5.